The van der Waals surface area contributed by atoms with Crippen molar-refractivity contribution in [2.45, 2.75) is 258 Å². The topological polar surface area (TPSA) is 78.9 Å². The summed E-state index contributed by atoms with van der Waals surface area (Å²) in [6, 6.07) is 0. The molecule has 1 atom stereocenters. The van der Waals surface area contributed by atoms with Crippen molar-refractivity contribution in [1.82, 2.24) is 0 Å². The van der Waals surface area contributed by atoms with Gasteiger partial charge in [0.2, 0.25) is 0 Å². The van der Waals surface area contributed by atoms with Crippen LogP contribution in [0.5, 0.6) is 0 Å². The third-order valence-electron chi connectivity index (χ3n) is 12.3. The first kappa shape index (κ1) is 70.3. The highest BCUT2D eigenvalue weighted by Gasteiger charge is 2.19. The van der Waals surface area contributed by atoms with E-state index in [-0.39, 0.29) is 37.5 Å². The van der Waals surface area contributed by atoms with Crippen LogP contribution >= 0.6 is 0 Å². The highest BCUT2D eigenvalue weighted by Crippen LogP contribution is 2.14. The zero-order chi connectivity index (χ0) is 54.3. The molecule has 6 heteroatoms. The zero-order valence-electron chi connectivity index (χ0n) is 48.3. The highest BCUT2D eigenvalue weighted by molar-refractivity contribution is 5.71. The van der Waals surface area contributed by atoms with E-state index in [9.17, 15) is 14.4 Å². The average Bonchev–Trinajstić information content (AvgIpc) is 3.41. The molecule has 0 radical (unpaired) electrons. The van der Waals surface area contributed by atoms with Crippen molar-refractivity contribution < 1.29 is 28.6 Å². The highest BCUT2D eigenvalue weighted by atomic mass is 16.6. The second-order valence-electron chi connectivity index (χ2n) is 19.5. The van der Waals surface area contributed by atoms with E-state index in [2.05, 4.69) is 167 Å². The molecule has 0 saturated heterocycles. The van der Waals surface area contributed by atoms with Crippen molar-refractivity contribution in [2.75, 3.05) is 13.2 Å². The number of allylic oxidation sites excluding steroid dienone is 24. The van der Waals surface area contributed by atoms with Crippen LogP contribution in [0.25, 0.3) is 0 Å². The van der Waals surface area contributed by atoms with Gasteiger partial charge < -0.3 is 14.2 Å². The Morgan fingerprint density at radius 2 is 0.533 bits per heavy atom. The van der Waals surface area contributed by atoms with Crippen LogP contribution in [0.4, 0.5) is 0 Å². The summed E-state index contributed by atoms with van der Waals surface area (Å²) in [7, 11) is 0. The molecule has 0 aliphatic heterocycles. The summed E-state index contributed by atoms with van der Waals surface area (Å²) in [6.07, 6.45) is 88.5. The number of rotatable bonds is 53. The van der Waals surface area contributed by atoms with E-state index in [0.717, 1.165) is 141 Å². The lowest BCUT2D eigenvalue weighted by Gasteiger charge is -2.18. The van der Waals surface area contributed by atoms with Crippen LogP contribution in [-0.4, -0.2) is 37.2 Å². The van der Waals surface area contributed by atoms with E-state index in [1.54, 1.807) is 0 Å². The minimum absolute atomic E-state index is 0.110. The normalized spacial score (nSPS) is 13.2. The quantitative estimate of drug-likeness (QED) is 0.0261. The third-order valence-corrected chi connectivity index (χ3v) is 12.3. The van der Waals surface area contributed by atoms with Gasteiger partial charge in [-0.1, -0.05) is 263 Å². The first-order chi connectivity index (χ1) is 37.0. The Hall–Kier alpha value is -4.71. The van der Waals surface area contributed by atoms with Gasteiger partial charge in [0.25, 0.3) is 0 Å². The van der Waals surface area contributed by atoms with Gasteiger partial charge in [0.05, 0.1) is 0 Å². The summed E-state index contributed by atoms with van der Waals surface area (Å²) in [5, 5.41) is 0. The predicted octanol–water partition coefficient (Wildman–Crippen LogP) is 20.8. The molecule has 0 aliphatic rings. The van der Waals surface area contributed by atoms with Crippen LogP contribution in [0.2, 0.25) is 0 Å². The third kappa shape index (κ3) is 60.0. The Morgan fingerprint density at radius 1 is 0.280 bits per heavy atom. The zero-order valence-corrected chi connectivity index (χ0v) is 48.3. The molecule has 6 nitrogen and oxygen atoms in total. The monoisotopic (exact) mass is 1030 g/mol. The van der Waals surface area contributed by atoms with Gasteiger partial charge in [0.1, 0.15) is 13.2 Å². The molecule has 0 rings (SSSR count). The molecule has 0 aromatic heterocycles. The van der Waals surface area contributed by atoms with Crippen molar-refractivity contribution in [3.8, 4) is 0 Å². The van der Waals surface area contributed by atoms with Gasteiger partial charge in [-0.15, -0.1) is 0 Å². The van der Waals surface area contributed by atoms with E-state index >= 15 is 0 Å². The smallest absolute Gasteiger partial charge is 0.306 e. The number of ether oxygens (including phenoxy) is 3. The van der Waals surface area contributed by atoms with E-state index in [4.69, 9.17) is 14.2 Å². The molecule has 0 aromatic rings. The van der Waals surface area contributed by atoms with E-state index < -0.39 is 6.10 Å². The van der Waals surface area contributed by atoms with Crippen LogP contribution < -0.4 is 0 Å². The summed E-state index contributed by atoms with van der Waals surface area (Å²) < 4.78 is 16.8. The van der Waals surface area contributed by atoms with Crippen molar-refractivity contribution in [3.63, 3.8) is 0 Å². The lowest BCUT2D eigenvalue weighted by atomic mass is 10.0. The fourth-order valence-electron chi connectivity index (χ4n) is 7.87. The number of unbranched alkanes of at least 4 members (excludes halogenated alkanes) is 18. The maximum Gasteiger partial charge on any atom is 0.306 e. The molecule has 0 spiro atoms. The molecule has 0 amide bonds. The van der Waals surface area contributed by atoms with Crippen LogP contribution in [0.1, 0.15) is 252 Å². The Morgan fingerprint density at radius 3 is 0.853 bits per heavy atom. The van der Waals surface area contributed by atoms with E-state index in [1.807, 2.05) is 0 Å². The molecule has 0 fully saturated rings. The maximum atomic E-state index is 12.8. The lowest BCUT2D eigenvalue weighted by Crippen LogP contribution is -2.30. The lowest BCUT2D eigenvalue weighted by molar-refractivity contribution is -0.167. The van der Waals surface area contributed by atoms with Crippen molar-refractivity contribution in [1.29, 1.82) is 0 Å². The number of hydrogen-bond donors (Lipinski definition) is 0. The molecule has 0 N–H and O–H groups in total. The molecule has 0 aliphatic carbocycles. The summed E-state index contributed by atoms with van der Waals surface area (Å²) >= 11 is 0. The van der Waals surface area contributed by atoms with Crippen LogP contribution in [0.15, 0.2) is 146 Å². The minimum atomic E-state index is -0.821. The predicted molar refractivity (Wildman–Crippen MR) is 325 cm³/mol. The molecular formula is C69H110O6. The van der Waals surface area contributed by atoms with Crippen LogP contribution in [0, 0.1) is 0 Å². The van der Waals surface area contributed by atoms with Crippen molar-refractivity contribution in [2.24, 2.45) is 0 Å². The Bertz CT molecular complexity index is 1660. The van der Waals surface area contributed by atoms with Crippen LogP contribution in [0.3, 0.4) is 0 Å². The molecule has 422 valence electrons. The second kappa shape index (κ2) is 61.8. The summed E-state index contributed by atoms with van der Waals surface area (Å²) in [6.45, 7) is 6.34. The fourth-order valence-corrected chi connectivity index (χ4v) is 7.87. The Labute approximate surface area is 461 Å². The van der Waals surface area contributed by atoms with Gasteiger partial charge in [-0.3, -0.25) is 14.4 Å². The van der Waals surface area contributed by atoms with Crippen molar-refractivity contribution in [3.05, 3.63) is 146 Å². The Kier molecular flexibility index (Phi) is 58.0. The molecule has 0 aromatic carbocycles. The number of hydrogen-bond acceptors (Lipinski definition) is 6. The number of carbonyl (C=O) groups excluding carboxylic acids is 3. The SMILES string of the molecule is CC/C=C\C/C=C\C/C=C\C/C=C\C/C=C\C/C=C\C/C=C\CCCCCCCC(=O)OCC(COC(=O)CCCCCCCCCCCCCCC)OC(=O)CCC/C=C\C/C=C\C/C=C\C/C=C\C/C=C\CC. The summed E-state index contributed by atoms with van der Waals surface area (Å²) in [4.78, 5) is 38.2. The molecule has 0 saturated carbocycles. The number of esters is 3. The Balaban J connectivity index is 4.46. The number of carbonyl (C=O) groups is 3. The van der Waals surface area contributed by atoms with Gasteiger partial charge in [0.15, 0.2) is 6.10 Å². The van der Waals surface area contributed by atoms with E-state index in [0.29, 0.717) is 19.3 Å². The van der Waals surface area contributed by atoms with Gasteiger partial charge in [-0.05, 0) is 116 Å². The van der Waals surface area contributed by atoms with Gasteiger partial charge in [-0.2, -0.15) is 0 Å². The first-order valence-corrected chi connectivity index (χ1v) is 30.3. The maximum absolute atomic E-state index is 12.8. The summed E-state index contributed by atoms with van der Waals surface area (Å²) in [5.74, 6) is -0.992. The average molecular weight is 1040 g/mol. The molecule has 75 heavy (non-hydrogen) atoms. The summed E-state index contributed by atoms with van der Waals surface area (Å²) in [5.41, 5.74) is 0. The molecule has 0 heterocycles. The van der Waals surface area contributed by atoms with E-state index in [1.165, 1.54) is 64.2 Å². The largest absolute Gasteiger partial charge is 0.462 e. The standard InChI is InChI=1S/C69H110O6/c1-4-7-10-13-16-19-22-25-27-29-30-31-32-33-34-35-36-37-38-40-41-44-47-50-53-56-59-62-68(71)74-65-66(64-73-67(70)61-58-55-52-49-46-43-24-21-18-15-12-9-6-3)75-69(72)63-60-57-54-51-48-45-42-39-28-26-23-20-17-14-11-8-5-2/h7-8,10-11,16-17,19-20,25-28,30-31,33-34,36-37,40-42,45,51,54,66H,4-6,9,12-15,18,21-24,29,32,35,38-39,43-44,46-50,52-53,55-65H2,1-3H3/b10-7-,11-8-,19-16-,20-17-,27-25-,28-26-,31-30-,34-33-,37-36-,41-40-,45-42-,54-51-. The second-order valence-corrected chi connectivity index (χ2v) is 19.5. The van der Waals surface area contributed by atoms with Gasteiger partial charge in [-0.25, -0.2) is 0 Å². The molecule has 1 unspecified atom stereocenters. The van der Waals surface area contributed by atoms with Crippen LogP contribution in [-0.2, 0) is 28.6 Å². The van der Waals surface area contributed by atoms with Gasteiger partial charge in [0, 0.05) is 19.3 Å². The van der Waals surface area contributed by atoms with Gasteiger partial charge >= 0.3 is 17.9 Å². The minimum Gasteiger partial charge on any atom is -0.462 e. The van der Waals surface area contributed by atoms with Crippen molar-refractivity contribution >= 4 is 17.9 Å². The first-order valence-electron chi connectivity index (χ1n) is 30.3. The molecular weight excluding hydrogens is 925 g/mol. The fraction of sp³-hybridized carbons (Fsp3) is 0.609. The molecule has 0 bridgehead atoms.